The van der Waals surface area contributed by atoms with E-state index in [0.29, 0.717) is 22.3 Å². The topological polar surface area (TPSA) is 430 Å². The molecule has 0 aliphatic carbocycles. The van der Waals surface area contributed by atoms with E-state index in [1.807, 2.05) is 0 Å². The summed E-state index contributed by atoms with van der Waals surface area (Å²) in [7, 11) is 0. The number of carbonyl (C=O) groups is 14. The van der Waals surface area contributed by atoms with E-state index in [9.17, 15) is 57.5 Å². The van der Waals surface area contributed by atoms with Gasteiger partial charge in [0, 0.05) is 94.2 Å². The predicted molar refractivity (Wildman–Crippen MR) is 422 cm³/mol. The predicted octanol–water partition coefficient (Wildman–Crippen LogP) is 6.67. The van der Waals surface area contributed by atoms with Crippen LogP contribution in [0.15, 0.2) is 158 Å². The first-order chi connectivity index (χ1) is 59.2. The highest BCUT2D eigenvalue weighted by Gasteiger charge is 2.64. The van der Waals surface area contributed by atoms with Crippen molar-refractivity contribution in [2.75, 3.05) is 26.4 Å². The minimum Gasteiger partial charge on any atom is -0.463 e. The molecule has 4 fully saturated rings. The molecular weight excluding hydrogens is 1630 g/mol. The summed E-state index contributed by atoms with van der Waals surface area (Å²) in [6.45, 7) is 8.19. The summed E-state index contributed by atoms with van der Waals surface area (Å²) in [6, 6.07) is 33.9. The van der Waals surface area contributed by atoms with E-state index >= 15 is 9.59 Å². The fourth-order valence-corrected chi connectivity index (χ4v) is 15.0. The molecular formula is C88H98N2O34. The number of benzene rings is 6. The zero-order valence-electron chi connectivity index (χ0n) is 70.0. The zero-order valence-corrected chi connectivity index (χ0v) is 70.0. The largest absolute Gasteiger partial charge is 0.463 e. The maximum atomic E-state index is 17.3. The zero-order chi connectivity index (χ0) is 89.6. The minimum atomic E-state index is -2.01. The van der Waals surface area contributed by atoms with E-state index in [1.54, 1.807) is 121 Å². The standard InChI is InChI=1S/C88H98N2O34/c1-47(91)105-43-67-75(113-51(5)95)79(117-55(9)99)71(85(121-67)109-39-59-25-17-13-18-26-59)89(72-80(118-56(10)100)76(114-52(6)96)68(44-106-48(2)92)122-86(72)110-40-60-27-19-14-20-28-60)83(103)65-35-33-64-38-66(36-34-63(64)37-65)84(104)90(73-81(119-57(11)101)77(115-53(7)97)69(45-107-49(3)93)123-87(73)111-41-61-29-21-15-22-30-61)74-82(120-58(12)102)78(116-54(8)98)70(46-108-50(4)94)124-88(74)112-42-62-31-23-16-24-32-62/h13-38,67-82,85-88H,39-46H2,1-12H3/t67-,68-,69-,70-,71+,72+,73+,74+,75-,76-,77-,78-,79-,80-,81-,82-,85+,86+,87+,88+/m1/s1. The Morgan fingerprint density at radius 2 is 0.444 bits per heavy atom. The quantitative estimate of drug-likeness (QED) is 0.0300. The van der Waals surface area contributed by atoms with E-state index in [2.05, 4.69) is 0 Å². The first-order valence-electron chi connectivity index (χ1n) is 39.6. The molecule has 20 atom stereocenters. The molecule has 36 heteroatoms. The molecule has 0 radical (unpaired) electrons. The Morgan fingerprint density at radius 1 is 0.250 bits per heavy atom. The summed E-state index contributed by atoms with van der Waals surface area (Å²) in [4.78, 5) is 198. The van der Waals surface area contributed by atoms with Crippen LogP contribution in [0.5, 0.6) is 0 Å². The van der Waals surface area contributed by atoms with E-state index in [0.717, 1.165) is 92.9 Å². The van der Waals surface area contributed by atoms with Gasteiger partial charge in [-0.3, -0.25) is 67.1 Å². The number of esters is 12. The average Bonchev–Trinajstić information content (AvgIpc) is 0.737. The number of rotatable bonds is 34. The molecule has 6 aromatic carbocycles. The molecule has 4 heterocycles. The second-order valence-electron chi connectivity index (χ2n) is 29.3. The van der Waals surface area contributed by atoms with Crippen LogP contribution in [0.2, 0.25) is 0 Å². The second kappa shape index (κ2) is 44.3. The molecule has 0 unspecified atom stereocenters. The highest BCUT2D eigenvalue weighted by atomic mass is 16.7. The van der Waals surface area contributed by atoms with Crippen LogP contribution < -0.4 is 0 Å². The molecule has 0 bridgehead atoms. The highest BCUT2D eigenvalue weighted by molar-refractivity contribution is 6.02. The van der Waals surface area contributed by atoms with Crippen molar-refractivity contribution in [1.29, 1.82) is 0 Å². The summed E-state index contributed by atoms with van der Waals surface area (Å²) < 4.78 is 125. The number of amides is 2. The Morgan fingerprint density at radius 3 is 0.629 bits per heavy atom. The van der Waals surface area contributed by atoms with Crippen LogP contribution in [0, 0.1) is 0 Å². The van der Waals surface area contributed by atoms with Crippen molar-refractivity contribution in [2.45, 2.75) is 232 Å². The van der Waals surface area contributed by atoms with Gasteiger partial charge in [0.2, 0.25) is 0 Å². The molecule has 0 N–H and O–H groups in total. The van der Waals surface area contributed by atoms with Crippen LogP contribution in [-0.4, -0.2) is 242 Å². The van der Waals surface area contributed by atoms with E-state index in [4.69, 9.17) is 94.7 Å². The second-order valence-corrected chi connectivity index (χ2v) is 29.3. The SMILES string of the molecule is CC(=O)OC[C@H]1O[C@H](OCc2ccccc2)[C@@H](N(C(=O)c2ccc3cc(C(=O)N([C@@H]4[C@@H](OCc5ccccc5)O[C@H](COC(C)=O)[C@@H](OC(C)=O)[C@@H]4OC(C)=O)[C@@H]4[C@@H](OCc5ccccc5)O[C@H](COC(C)=O)[C@@H](OC(C)=O)[C@@H]4OC(C)=O)ccc3c2)[C@@H]2[C@@H](OCc3ccccc3)O[C@H](COC(C)=O)[C@@H](OC(C)=O)[C@@H]2OC(C)=O)[C@@H](OC(C)=O)[C@@H]1OC(C)=O. The minimum absolute atomic E-state index is 0.117. The van der Waals surface area contributed by atoms with Crippen LogP contribution in [0.4, 0.5) is 0 Å². The lowest BCUT2D eigenvalue weighted by atomic mass is 9.88. The summed E-state index contributed by atoms with van der Waals surface area (Å²) in [5, 5.41) is 0.234. The lowest BCUT2D eigenvalue weighted by Crippen LogP contribution is -2.74. The normalized spacial score (nSPS) is 25.8. The number of carbonyl (C=O) groups excluding carboxylic acids is 14. The summed E-state index contributed by atoms with van der Waals surface area (Å²) >= 11 is 0. The fraction of sp³-hybridized carbons (Fsp3) is 0.455. The Kier molecular flexibility index (Phi) is 33.6. The Bertz CT molecular complexity index is 4210. The lowest BCUT2D eigenvalue weighted by molar-refractivity contribution is -0.322. The molecule has 4 aliphatic heterocycles. The Labute approximate surface area is 712 Å². The van der Waals surface area contributed by atoms with Gasteiger partial charge in [0.05, 0.1) is 26.4 Å². The number of hydrogen-bond donors (Lipinski definition) is 0. The summed E-state index contributed by atoms with van der Waals surface area (Å²) in [5.41, 5.74) is 1.36. The third-order valence-corrected chi connectivity index (χ3v) is 19.8. The van der Waals surface area contributed by atoms with Crippen molar-refractivity contribution in [1.82, 2.24) is 9.80 Å². The van der Waals surface area contributed by atoms with Gasteiger partial charge in [-0.2, -0.15) is 0 Å². The van der Waals surface area contributed by atoms with Gasteiger partial charge in [-0.1, -0.05) is 133 Å². The van der Waals surface area contributed by atoms with Gasteiger partial charge in [0.25, 0.3) is 11.8 Å². The number of nitrogens with zero attached hydrogens (tertiary/aromatic N) is 2. The van der Waals surface area contributed by atoms with Crippen molar-refractivity contribution >= 4 is 94.2 Å². The third-order valence-electron chi connectivity index (χ3n) is 19.8. The molecule has 0 spiro atoms. The van der Waals surface area contributed by atoms with Gasteiger partial charge in [-0.05, 0) is 57.3 Å². The molecule has 36 nitrogen and oxygen atoms in total. The maximum absolute atomic E-state index is 17.3. The van der Waals surface area contributed by atoms with Crippen molar-refractivity contribution < 1.29 is 162 Å². The number of fused-ring (bicyclic) bond motifs is 1. The molecule has 4 aliphatic rings. The first kappa shape index (κ1) is 94.1. The monoisotopic (exact) mass is 1730 g/mol. The van der Waals surface area contributed by atoms with Crippen LogP contribution in [0.3, 0.4) is 0 Å². The van der Waals surface area contributed by atoms with Crippen molar-refractivity contribution in [3.05, 3.63) is 191 Å². The smallest absolute Gasteiger partial charge is 0.303 e. The van der Waals surface area contributed by atoms with Gasteiger partial charge in [-0.25, -0.2) is 0 Å². The summed E-state index contributed by atoms with van der Waals surface area (Å²) in [5.74, 6) is -13.9. The van der Waals surface area contributed by atoms with Crippen LogP contribution in [0.25, 0.3) is 10.8 Å². The van der Waals surface area contributed by atoms with Crippen molar-refractivity contribution in [2.24, 2.45) is 0 Å². The Hall–Kier alpha value is -12.2. The van der Waals surface area contributed by atoms with Gasteiger partial charge < -0.3 is 105 Å². The molecule has 2 amide bonds. The van der Waals surface area contributed by atoms with Gasteiger partial charge in [0.15, 0.2) is 74.0 Å². The molecule has 4 saturated heterocycles. The van der Waals surface area contributed by atoms with E-state index < -0.39 is 232 Å². The molecule has 0 aromatic heterocycles. The van der Waals surface area contributed by atoms with Crippen molar-refractivity contribution in [3.63, 3.8) is 0 Å². The van der Waals surface area contributed by atoms with E-state index in [-0.39, 0.29) is 48.3 Å². The first-order valence-corrected chi connectivity index (χ1v) is 39.6. The van der Waals surface area contributed by atoms with Gasteiger partial charge in [0.1, 0.15) is 75.0 Å². The molecule has 6 aromatic rings. The van der Waals surface area contributed by atoms with Crippen LogP contribution in [0.1, 0.15) is 126 Å². The molecule has 10 rings (SSSR count). The lowest BCUT2D eigenvalue weighted by Gasteiger charge is -2.54. The van der Waals surface area contributed by atoms with Crippen LogP contribution in [-0.2, 0) is 179 Å². The number of hydrogen-bond acceptors (Lipinski definition) is 34. The van der Waals surface area contributed by atoms with Gasteiger partial charge in [-0.15, -0.1) is 0 Å². The van der Waals surface area contributed by atoms with Crippen LogP contribution >= 0.6 is 0 Å². The highest BCUT2D eigenvalue weighted by Crippen LogP contribution is 2.43. The molecule has 124 heavy (non-hydrogen) atoms. The van der Waals surface area contributed by atoms with Gasteiger partial charge >= 0.3 is 71.6 Å². The van der Waals surface area contributed by atoms with Crippen molar-refractivity contribution in [3.8, 4) is 0 Å². The molecule has 0 saturated carbocycles. The Balaban J connectivity index is 1.24. The number of ether oxygens (including phenoxy) is 20. The summed E-state index contributed by atoms with van der Waals surface area (Å²) in [6.07, 6.45) is -29.4. The van der Waals surface area contributed by atoms with E-state index in [1.165, 1.54) is 36.4 Å². The maximum Gasteiger partial charge on any atom is 0.303 e. The fourth-order valence-electron chi connectivity index (χ4n) is 15.0. The molecule has 664 valence electrons. The average molecular weight is 1730 g/mol. The third kappa shape index (κ3) is 25.5.